The van der Waals surface area contributed by atoms with E-state index in [0.29, 0.717) is 18.1 Å². The quantitative estimate of drug-likeness (QED) is 0.750. The number of carbonyl (C=O) groups is 1. The van der Waals surface area contributed by atoms with Crippen LogP contribution in [0, 0.1) is 0 Å². The van der Waals surface area contributed by atoms with Crippen molar-refractivity contribution in [3.05, 3.63) is 35.9 Å². The lowest BCUT2D eigenvalue weighted by Gasteiger charge is -2.01. The predicted molar refractivity (Wildman–Crippen MR) is 64.8 cm³/mol. The number of fused-ring (bicyclic) bond motifs is 1. The number of hydrogen-bond acceptors (Lipinski definition) is 4. The Morgan fingerprint density at radius 3 is 3.00 bits per heavy atom. The van der Waals surface area contributed by atoms with Crippen LogP contribution >= 0.6 is 0 Å². The standard InChI is InChI=1S/C13H13NO3/c1-2-16-13(15)9-11-8-7-10-5-3-4-6-12(10)17-14-11/h3-8H,2,9H2,1H3. The highest BCUT2D eigenvalue weighted by Crippen LogP contribution is 2.22. The molecule has 1 heterocycles. The van der Waals surface area contributed by atoms with Crippen LogP contribution in [0.2, 0.25) is 0 Å². The van der Waals surface area contributed by atoms with Gasteiger partial charge in [0, 0.05) is 5.56 Å². The minimum atomic E-state index is -0.301. The Hall–Kier alpha value is -2.10. The van der Waals surface area contributed by atoms with Gasteiger partial charge in [-0.25, -0.2) is 0 Å². The molecule has 0 atom stereocenters. The average molecular weight is 231 g/mol. The Bertz CT molecular complexity index is 477. The van der Waals surface area contributed by atoms with Gasteiger partial charge in [-0.05, 0) is 25.1 Å². The number of para-hydroxylation sites is 1. The number of nitrogens with zero attached hydrogens (tertiary/aromatic N) is 1. The van der Waals surface area contributed by atoms with Crippen molar-refractivity contribution in [3.63, 3.8) is 0 Å². The van der Waals surface area contributed by atoms with Crippen LogP contribution in [0.25, 0.3) is 6.08 Å². The van der Waals surface area contributed by atoms with Crippen LogP contribution in [-0.4, -0.2) is 18.3 Å². The minimum absolute atomic E-state index is 0.123. The fourth-order valence-corrected chi connectivity index (χ4v) is 1.48. The smallest absolute Gasteiger partial charge is 0.311 e. The van der Waals surface area contributed by atoms with Crippen molar-refractivity contribution in [2.75, 3.05) is 6.61 Å². The monoisotopic (exact) mass is 231 g/mol. The van der Waals surface area contributed by atoms with Gasteiger partial charge in [-0.1, -0.05) is 23.4 Å². The van der Waals surface area contributed by atoms with E-state index < -0.39 is 0 Å². The van der Waals surface area contributed by atoms with Gasteiger partial charge in [-0.2, -0.15) is 0 Å². The Labute approximate surface area is 99.5 Å². The van der Waals surface area contributed by atoms with Gasteiger partial charge >= 0.3 is 5.97 Å². The lowest BCUT2D eigenvalue weighted by atomic mass is 10.1. The van der Waals surface area contributed by atoms with E-state index in [-0.39, 0.29) is 12.4 Å². The van der Waals surface area contributed by atoms with Gasteiger partial charge < -0.3 is 9.57 Å². The van der Waals surface area contributed by atoms with E-state index in [1.807, 2.05) is 30.3 Å². The first-order valence-corrected chi connectivity index (χ1v) is 5.46. The minimum Gasteiger partial charge on any atom is -0.466 e. The molecule has 0 fully saturated rings. The molecule has 0 radical (unpaired) electrons. The molecule has 1 aliphatic heterocycles. The molecular formula is C13H13NO3. The third kappa shape index (κ3) is 2.93. The first-order chi connectivity index (χ1) is 8.29. The van der Waals surface area contributed by atoms with E-state index in [2.05, 4.69) is 5.16 Å². The van der Waals surface area contributed by atoms with E-state index in [4.69, 9.17) is 9.57 Å². The topological polar surface area (TPSA) is 47.9 Å². The van der Waals surface area contributed by atoms with E-state index in [1.165, 1.54) is 0 Å². The first kappa shape index (κ1) is 11.4. The Morgan fingerprint density at radius 2 is 2.18 bits per heavy atom. The molecule has 0 aromatic heterocycles. The van der Waals surface area contributed by atoms with Crippen LogP contribution < -0.4 is 4.84 Å². The number of carbonyl (C=O) groups excluding carboxylic acids is 1. The molecule has 0 amide bonds. The largest absolute Gasteiger partial charge is 0.466 e. The summed E-state index contributed by atoms with van der Waals surface area (Å²) in [4.78, 5) is 16.6. The number of allylic oxidation sites excluding steroid dienone is 1. The summed E-state index contributed by atoms with van der Waals surface area (Å²) in [7, 11) is 0. The third-order valence-corrected chi connectivity index (χ3v) is 2.27. The van der Waals surface area contributed by atoms with Crippen LogP contribution in [0.5, 0.6) is 5.75 Å². The maximum absolute atomic E-state index is 11.3. The molecule has 0 unspecified atom stereocenters. The molecule has 0 N–H and O–H groups in total. The van der Waals surface area contributed by atoms with Crippen molar-refractivity contribution >= 4 is 17.8 Å². The summed E-state index contributed by atoms with van der Waals surface area (Å²) in [5.41, 5.74) is 1.50. The Kier molecular flexibility index (Phi) is 3.55. The van der Waals surface area contributed by atoms with Crippen LogP contribution in [0.15, 0.2) is 35.5 Å². The van der Waals surface area contributed by atoms with Crippen LogP contribution in [0.3, 0.4) is 0 Å². The van der Waals surface area contributed by atoms with Crippen molar-refractivity contribution in [3.8, 4) is 5.75 Å². The van der Waals surface area contributed by atoms with Gasteiger partial charge in [0.2, 0.25) is 0 Å². The van der Waals surface area contributed by atoms with Gasteiger partial charge in [0.1, 0.15) is 0 Å². The zero-order valence-corrected chi connectivity index (χ0v) is 9.55. The summed E-state index contributed by atoms with van der Waals surface area (Å²) in [6, 6.07) is 7.55. The number of ether oxygens (including phenoxy) is 1. The number of rotatable bonds is 3. The molecule has 88 valence electrons. The maximum atomic E-state index is 11.3. The lowest BCUT2D eigenvalue weighted by Crippen LogP contribution is -2.10. The number of esters is 1. The SMILES string of the molecule is CCOC(=O)CC1=NOc2ccccc2C=C1. The van der Waals surface area contributed by atoms with E-state index in [1.54, 1.807) is 13.0 Å². The van der Waals surface area contributed by atoms with Gasteiger partial charge in [0.15, 0.2) is 5.75 Å². The second-order valence-corrected chi connectivity index (χ2v) is 3.53. The molecular weight excluding hydrogens is 218 g/mol. The molecule has 0 spiro atoms. The summed E-state index contributed by atoms with van der Waals surface area (Å²) in [5, 5.41) is 3.92. The summed E-state index contributed by atoms with van der Waals surface area (Å²) in [6.45, 7) is 2.14. The predicted octanol–water partition coefficient (Wildman–Crippen LogP) is 2.40. The highest BCUT2D eigenvalue weighted by molar-refractivity contribution is 6.07. The molecule has 4 nitrogen and oxygen atoms in total. The normalized spacial score (nSPS) is 13.1. The lowest BCUT2D eigenvalue weighted by molar-refractivity contribution is -0.141. The molecule has 0 aliphatic carbocycles. The fraction of sp³-hybridized carbons (Fsp3) is 0.231. The highest BCUT2D eigenvalue weighted by atomic mass is 16.6. The van der Waals surface area contributed by atoms with Gasteiger partial charge in [-0.3, -0.25) is 4.79 Å². The highest BCUT2D eigenvalue weighted by Gasteiger charge is 2.10. The molecule has 1 aromatic rings. The molecule has 0 bridgehead atoms. The first-order valence-electron chi connectivity index (χ1n) is 5.46. The van der Waals surface area contributed by atoms with Crippen molar-refractivity contribution in [1.29, 1.82) is 0 Å². The van der Waals surface area contributed by atoms with Crippen LogP contribution in [0.4, 0.5) is 0 Å². The molecule has 0 saturated heterocycles. The summed E-state index contributed by atoms with van der Waals surface area (Å²) in [5.74, 6) is 0.382. The zero-order valence-electron chi connectivity index (χ0n) is 9.55. The second-order valence-electron chi connectivity index (χ2n) is 3.53. The Morgan fingerprint density at radius 1 is 1.35 bits per heavy atom. The number of benzene rings is 1. The van der Waals surface area contributed by atoms with E-state index in [9.17, 15) is 4.79 Å². The van der Waals surface area contributed by atoms with E-state index >= 15 is 0 Å². The van der Waals surface area contributed by atoms with Crippen LogP contribution in [0.1, 0.15) is 18.9 Å². The maximum Gasteiger partial charge on any atom is 0.311 e. The molecule has 17 heavy (non-hydrogen) atoms. The molecule has 0 saturated carbocycles. The second kappa shape index (κ2) is 5.30. The summed E-state index contributed by atoms with van der Waals surface area (Å²) in [6.07, 6.45) is 3.77. The number of hydrogen-bond donors (Lipinski definition) is 0. The van der Waals surface area contributed by atoms with Gasteiger partial charge in [0.05, 0.1) is 18.7 Å². The zero-order chi connectivity index (χ0) is 12.1. The van der Waals surface area contributed by atoms with Gasteiger partial charge in [-0.15, -0.1) is 0 Å². The summed E-state index contributed by atoms with van der Waals surface area (Å²) >= 11 is 0. The summed E-state index contributed by atoms with van der Waals surface area (Å²) < 4.78 is 4.85. The van der Waals surface area contributed by atoms with Crippen molar-refractivity contribution < 1.29 is 14.4 Å². The Balaban J connectivity index is 2.09. The van der Waals surface area contributed by atoms with Crippen molar-refractivity contribution in [2.45, 2.75) is 13.3 Å². The molecule has 1 aliphatic rings. The van der Waals surface area contributed by atoms with E-state index in [0.717, 1.165) is 5.56 Å². The molecule has 2 rings (SSSR count). The third-order valence-electron chi connectivity index (χ3n) is 2.27. The molecule has 1 aromatic carbocycles. The van der Waals surface area contributed by atoms with Crippen molar-refractivity contribution in [1.82, 2.24) is 0 Å². The van der Waals surface area contributed by atoms with Gasteiger partial charge in [0.25, 0.3) is 0 Å². The average Bonchev–Trinajstić information content (AvgIpc) is 2.53. The van der Waals surface area contributed by atoms with Crippen molar-refractivity contribution in [2.24, 2.45) is 5.16 Å². The number of oxime groups is 1. The molecule has 4 heteroatoms. The van der Waals surface area contributed by atoms with Crippen LogP contribution in [-0.2, 0) is 9.53 Å². The fourth-order valence-electron chi connectivity index (χ4n) is 1.48.